The molecule has 0 aromatic rings. The van der Waals surface area contributed by atoms with Crippen molar-refractivity contribution < 1.29 is 36.5 Å². The molecule has 0 spiro atoms. The Morgan fingerprint density at radius 2 is 1.41 bits per heavy atom. The summed E-state index contributed by atoms with van der Waals surface area (Å²) in [6.07, 6.45) is 6.64. The van der Waals surface area contributed by atoms with Crippen molar-refractivity contribution >= 4 is 10.9 Å². The van der Waals surface area contributed by atoms with Gasteiger partial charge in [-0.05, 0) is 0 Å². The normalized spacial score (nSPS) is 17.4. The minimum absolute atomic E-state index is 0.0286. The second-order valence-corrected chi connectivity index (χ2v) is 34.0. The quantitative estimate of drug-likeness (QED) is 0.409. The van der Waals surface area contributed by atoms with Crippen LogP contribution < -0.4 is 0 Å². The van der Waals surface area contributed by atoms with E-state index in [0.29, 0.717) is 19.3 Å². The van der Waals surface area contributed by atoms with Crippen LogP contribution in [0.25, 0.3) is 0 Å². The molecule has 0 N–H and O–H groups in total. The molecule has 0 aromatic heterocycles. The Morgan fingerprint density at radius 1 is 0.955 bits per heavy atom. The summed E-state index contributed by atoms with van der Waals surface area (Å²) in [6, 6.07) is 0. The first kappa shape index (κ1) is 20.6. The summed E-state index contributed by atoms with van der Waals surface area (Å²) >= 11 is -6.32. The minimum atomic E-state index is -6.92. The fourth-order valence-electron chi connectivity index (χ4n) is 2.46. The predicted molar refractivity (Wildman–Crippen MR) is 79.6 cm³/mol. The van der Waals surface area contributed by atoms with Gasteiger partial charge in [0.2, 0.25) is 0 Å². The van der Waals surface area contributed by atoms with Gasteiger partial charge in [-0.3, -0.25) is 0 Å². The summed E-state index contributed by atoms with van der Waals surface area (Å²) in [7, 11) is -6.92. The van der Waals surface area contributed by atoms with Gasteiger partial charge in [0, 0.05) is 0 Å². The average molecular weight is 463 g/mol. The molecule has 0 aliphatic heterocycles. The van der Waals surface area contributed by atoms with Gasteiger partial charge in [0.25, 0.3) is 0 Å². The molecule has 3 nitrogen and oxygen atoms in total. The van der Waals surface area contributed by atoms with E-state index < -0.39 is 28.5 Å². The molecule has 0 saturated carbocycles. The Labute approximate surface area is 134 Å². The molecular weight excluding hydrogens is 437 g/mol. The van der Waals surface area contributed by atoms with Crippen LogP contribution in [0.4, 0.5) is 10.5 Å². The van der Waals surface area contributed by atoms with Crippen LogP contribution in [0, 0.1) is 0 Å². The molecule has 129 valence electrons. The van der Waals surface area contributed by atoms with Crippen LogP contribution in [0.5, 0.6) is 0 Å². The zero-order chi connectivity index (χ0) is 16.7. The van der Waals surface area contributed by atoms with Crippen LogP contribution in [0.2, 0.25) is 0 Å². The van der Waals surface area contributed by atoms with Crippen molar-refractivity contribution in [2.24, 2.45) is 0 Å². The first-order valence-corrected chi connectivity index (χ1v) is 21.9. The van der Waals surface area contributed by atoms with Gasteiger partial charge in [0.1, 0.15) is 0 Å². The Bertz CT molecular complexity index is 400. The molecular formula is C14H26F3GeO3Zr. The molecule has 0 unspecified atom stereocenters. The van der Waals surface area contributed by atoms with Crippen molar-refractivity contribution in [3.63, 3.8) is 0 Å². The Morgan fingerprint density at radius 3 is 1.68 bits per heavy atom. The van der Waals surface area contributed by atoms with Gasteiger partial charge in [0.05, 0.1) is 0 Å². The third-order valence-corrected chi connectivity index (χ3v) is 36.4. The van der Waals surface area contributed by atoms with Crippen LogP contribution in [-0.2, 0) is 26.0 Å². The summed E-state index contributed by atoms with van der Waals surface area (Å²) in [4.78, 5) is 0. The van der Waals surface area contributed by atoms with Crippen LogP contribution in [-0.4, -0.2) is 30.7 Å². The third-order valence-electron chi connectivity index (χ3n) is 3.52. The van der Waals surface area contributed by atoms with Crippen LogP contribution >= 0.6 is 0 Å². The maximum absolute atomic E-state index is 14.5. The molecule has 8 heteroatoms. The molecule has 1 aliphatic carbocycles. The molecule has 0 amide bonds. The molecule has 1 rings (SSSR count). The molecule has 0 atom stereocenters. The van der Waals surface area contributed by atoms with E-state index in [1.54, 1.807) is 32.9 Å². The number of halogens is 3. The van der Waals surface area contributed by atoms with E-state index >= 15 is 0 Å². The van der Waals surface area contributed by atoms with Crippen molar-refractivity contribution in [3.05, 3.63) is 21.5 Å². The van der Waals surface area contributed by atoms with E-state index in [0.717, 1.165) is 0 Å². The van der Waals surface area contributed by atoms with Crippen molar-refractivity contribution in [3.8, 4) is 0 Å². The SMILES string of the molecule is CCC[O][Zr]([O]CCC)([O]CCC)([C]1=CC=CC1)[Ge]([F])([F])[F]. The van der Waals surface area contributed by atoms with Gasteiger partial charge < -0.3 is 0 Å². The molecule has 0 saturated heterocycles. The first-order valence-electron chi connectivity index (χ1n) is 7.88. The van der Waals surface area contributed by atoms with Gasteiger partial charge in [-0.15, -0.1) is 0 Å². The zero-order valence-corrected chi connectivity index (χ0v) is 18.1. The fourth-order valence-corrected chi connectivity index (χ4v) is 29.6. The summed E-state index contributed by atoms with van der Waals surface area (Å²) in [5.74, 6) is 0. The first-order chi connectivity index (χ1) is 10.4. The monoisotopic (exact) mass is 463 g/mol. The standard InChI is InChI=1S/C5H5.3C3H7O.F3Ge.Zr/c1-2-4-5-3-1;3*1-2-3-4;1-4(2)3;/h1-3H,4H2;3*2-3H2,1H3;;/q;3*-1;;+3. The summed E-state index contributed by atoms with van der Waals surface area (Å²) < 4.78 is 60.6. The van der Waals surface area contributed by atoms with Crippen molar-refractivity contribution in [2.45, 2.75) is 46.5 Å². The van der Waals surface area contributed by atoms with Gasteiger partial charge in [-0.1, -0.05) is 0 Å². The van der Waals surface area contributed by atoms with E-state index in [1.165, 1.54) is 6.08 Å². The molecule has 0 bridgehead atoms. The predicted octanol–water partition coefficient (Wildman–Crippen LogP) is 4.89. The van der Waals surface area contributed by atoms with Gasteiger partial charge in [0.15, 0.2) is 0 Å². The van der Waals surface area contributed by atoms with Crippen molar-refractivity contribution in [1.29, 1.82) is 0 Å². The van der Waals surface area contributed by atoms with Gasteiger partial charge >= 0.3 is 135 Å². The molecule has 0 heterocycles. The summed E-state index contributed by atoms with van der Waals surface area (Å²) in [5, 5.41) is 0. The Hall–Kier alpha value is 0.576. The topological polar surface area (TPSA) is 27.7 Å². The Kier molecular flexibility index (Phi) is 8.07. The molecule has 0 aromatic carbocycles. The maximum atomic E-state index is 14.5. The Balaban J connectivity index is 3.42. The van der Waals surface area contributed by atoms with E-state index in [4.69, 9.17) is 8.44 Å². The second-order valence-electron chi connectivity index (χ2n) is 5.35. The third kappa shape index (κ3) is 3.80. The molecule has 0 fully saturated rings. The van der Waals surface area contributed by atoms with E-state index in [-0.39, 0.29) is 29.5 Å². The van der Waals surface area contributed by atoms with E-state index in [9.17, 15) is 10.5 Å². The number of hydrogen-bond acceptors (Lipinski definition) is 3. The number of allylic oxidation sites excluding steroid dienone is 4. The van der Waals surface area contributed by atoms with Crippen LogP contribution in [0.15, 0.2) is 21.5 Å². The van der Waals surface area contributed by atoms with Crippen molar-refractivity contribution in [1.82, 2.24) is 0 Å². The van der Waals surface area contributed by atoms with Gasteiger partial charge in [-0.25, -0.2) is 0 Å². The van der Waals surface area contributed by atoms with E-state index in [2.05, 4.69) is 0 Å². The van der Waals surface area contributed by atoms with Crippen LogP contribution in [0.3, 0.4) is 0 Å². The summed E-state index contributed by atoms with van der Waals surface area (Å²) in [5.41, 5.74) is 0. The van der Waals surface area contributed by atoms with Gasteiger partial charge in [-0.2, -0.15) is 0 Å². The van der Waals surface area contributed by atoms with E-state index in [1.807, 2.05) is 0 Å². The fraction of sp³-hybridized carbons (Fsp3) is 0.714. The zero-order valence-electron chi connectivity index (χ0n) is 13.5. The second kappa shape index (κ2) is 8.61. The van der Waals surface area contributed by atoms with Crippen molar-refractivity contribution in [2.75, 3.05) is 19.8 Å². The number of hydrogen-bond donors (Lipinski definition) is 0. The molecule has 22 heavy (non-hydrogen) atoms. The molecule has 0 radical (unpaired) electrons. The summed E-state index contributed by atoms with van der Waals surface area (Å²) in [6.45, 7) is 5.49. The number of rotatable bonds is 11. The van der Waals surface area contributed by atoms with Crippen LogP contribution in [0.1, 0.15) is 46.5 Å². The average Bonchev–Trinajstić information content (AvgIpc) is 3.01. The molecule has 1 aliphatic rings.